The summed E-state index contributed by atoms with van der Waals surface area (Å²) >= 11 is 3.78. The molecule has 2 aromatic heterocycles. The summed E-state index contributed by atoms with van der Waals surface area (Å²) in [7, 11) is 0. The van der Waals surface area contributed by atoms with Crippen LogP contribution in [0.15, 0.2) is 202 Å². The van der Waals surface area contributed by atoms with Crippen LogP contribution in [0.4, 0.5) is 0 Å². The molecular formula is C48H30N2S2. The Kier molecular flexibility index (Phi) is 6.67. The number of pyridine rings is 1. The van der Waals surface area contributed by atoms with Crippen LogP contribution in [-0.4, -0.2) is 9.55 Å². The van der Waals surface area contributed by atoms with Crippen molar-refractivity contribution in [2.24, 2.45) is 0 Å². The molecule has 0 radical (unpaired) electrons. The molecule has 244 valence electrons. The highest BCUT2D eigenvalue weighted by Crippen LogP contribution is 2.63. The molecule has 4 heterocycles. The first-order valence-electron chi connectivity index (χ1n) is 17.6. The van der Waals surface area contributed by atoms with Crippen LogP contribution in [-0.2, 0) is 5.41 Å². The van der Waals surface area contributed by atoms with Gasteiger partial charge in [-0.05, 0) is 88.0 Å². The average Bonchev–Trinajstić information content (AvgIpc) is 3.54. The molecule has 2 aliphatic rings. The molecule has 0 N–H and O–H groups in total. The normalized spacial score (nSPS) is 15.6. The van der Waals surface area contributed by atoms with Gasteiger partial charge in [0, 0.05) is 47.8 Å². The fraction of sp³-hybridized carbons (Fsp3) is 0.0208. The van der Waals surface area contributed by atoms with E-state index in [4.69, 9.17) is 4.98 Å². The van der Waals surface area contributed by atoms with Gasteiger partial charge in [0.15, 0.2) is 0 Å². The molecule has 0 amide bonds. The van der Waals surface area contributed by atoms with Gasteiger partial charge in [0.2, 0.25) is 0 Å². The fourth-order valence-electron chi connectivity index (χ4n) is 8.60. The maximum Gasteiger partial charge on any atom is 0.0745 e. The molecule has 9 aromatic rings. The smallest absolute Gasteiger partial charge is 0.0745 e. The van der Waals surface area contributed by atoms with Crippen LogP contribution in [0.25, 0.3) is 49.9 Å². The molecule has 52 heavy (non-hydrogen) atoms. The summed E-state index contributed by atoms with van der Waals surface area (Å²) in [5, 5.41) is 2.53. The van der Waals surface area contributed by atoms with Gasteiger partial charge in [0.1, 0.15) is 0 Å². The predicted molar refractivity (Wildman–Crippen MR) is 216 cm³/mol. The SMILES string of the molecule is c1ccc(-n2c3ccccc3c3ccc(-c4cccc5c4Sc4ccccc4C54c5ccccc5Sc5cc(-c6ccccn6)ccc54)cc32)cc1. The number of nitrogens with zero attached hydrogens (tertiary/aromatic N) is 2. The molecule has 0 saturated heterocycles. The Labute approximate surface area is 310 Å². The van der Waals surface area contributed by atoms with Crippen LogP contribution in [0.1, 0.15) is 22.3 Å². The van der Waals surface area contributed by atoms with Crippen LogP contribution in [0, 0.1) is 0 Å². The third kappa shape index (κ3) is 4.25. The van der Waals surface area contributed by atoms with E-state index < -0.39 is 5.41 Å². The predicted octanol–water partition coefficient (Wildman–Crippen LogP) is 12.8. The molecule has 0 aliphatic carbocycles. The highest BCUT2D eigenvalue weighted by molar-refractivity contribution is 8.00. The summed E-state index contributed by atoms with van der Waals surface area (Å²) in [6.45, 7) is 0. The van der Waals surface area contributed by atoms with Gasteiger partial charge in [-0.25, -0.2) is 0 Å². The lowest BCUT2D eigenvalue weighted by molar-refractivity contribution is 0.668. The molecule has 1 unspecified atom stereocenters. The Balaban J connectivity index is 1.19. The van der Waals surface area contributed by atoms with Crippen molar-refractivity contribution in [1.82, 2.24) is 9.55 Å². The zero-order valence-corrected chi connectivity index (χ0v) is 29.7. The zero-order valence-electron chi connectivity index (χ0n) is 28.0. The van der Waals surface area contributed by atoms with E-state index in [9.17, 15) is 0 Å². The van der Waals surface area contributed by atoms with Crippen LogP contribution in [0.2, 0.25) is 0 Å². The summed E-state index contributed by atoms with van der Waals surface area (Å²) in [6, 6.07) is 64.7. The summed E-state index contributed by atoms with van der Waals surface area (Å²) in [4.78, 5) is 9.88. The van der Waals surface area contributed by atoms with Gasteiger partial charge in [-0.3, -0.25) is 4.98 Å². The van der Waals surface area contributed by atoms with Gasteiger partial charge >= 0.3 is 0 Å². The molecule has 1 spiro atoms. The Hall–Kier alpha value is -5.81. The van der Waals surface area contributed by atoms with Crippen LogP contribution in [0.5, 0.6) is 0 Å². The van der Waals surface area contributed by atoms with Crippen molar-refractivity contribution < 1.29 is 0 Å². The second-order valence-electron chi connectivity index (χ2n) is 13.5. The number of hydrogen-bond donors (Lipinski definition) is 0. The number of hydrogen-bond acceptors (Lipinski definition) is 3. The van der Waals surface area contributed by atoms with Crippen molar-refractivity contribution in [3.63, 3.8) is 0 Å². The maximum absolute atomic E-state index is 4.71. The second kappa shape index (κ2) is 11.6. The second-order valence-corrected chi connectivity index (χ2v) is 15.6. The Morgan fingerprint density at radius 2 is 1.12 bits per heavy atom. The van der Waals surface area contributed by atoms with Gasteiger partial charge in [0.25, 0.3) is 0 Å². The number of fused-ring (bicyclic) bond motifs is 11. The van der Waals surface area contributed by atoms with E-state index in [1.807, 2.05) is 35.8 Å². The lowest BCUT2D eigenvalue weighted by Gasteiger charge is -2.46. The van der Waals surface area contributed by atoms with Crippen molar-refractivity contribution in [3.05, 3.63) is 204 Å². The van der Waals surface area contributed by atoms with Crippen molar-refractivity contribution in [3.8, 4) is 28.1 Å². The van der Waals surface area contributed by atoms with Gasteiger partial charge in [-0.2, -0.15) is 0 Å². The molecular weight excluding hydrogens is 669 g/mol. The monoisotopic (exact) mass is 698 g/mol. The third-order valence-electron chi connectivity index (χ3n) is 10.8. The number of rotatable bonds is 3. The van der Waals surface area contributed by atoms with Crippen molar-refractivity contribution in [1.29, 1.82) is 0 Å². The highest BCUT2D eigenvalue weighted by atomic mass is 32.2. The van der Waals surface area contributed by atoms with Crippen LogP contribution in [0.3, 0.4) is 0 Å². The highest BCUT2D eigenvalue weighted by Gasteiger charge is 2.49. The number of benzene rings is 7. The molecule has 7 aromatic carbocycles. The Morgan fingerprint density at radius 1 is 0.442 bits per heavy atom. The van der Waals surface area contributed by atoms with Gasteiger partial charge in [-0.15, -0.1) is 0 Å². The lowest BCUT2D eigenvalue weighted by atomic mass is 9.64. The van der Waals surface area contributed by atoms with E-state index >= 15 is 0 Å². The van der Waals surface area contributed by atoms with Crippen molar-refractivity contribution in [2.75, 3.05) is 0 Å². The number of para-hydroxylation sites is 2. The van der Waals surface area contributed by atoms with E-state index in [1.165, 1.54) is 80.5 Å². The van der Waals surface area contributed by atoms with E-state index in [2.05, 4.69) is 174 Å². The van der Waals surface area contributed by atoms with E-state index in [-0.39, 0.29) is 0 Å². The number of aromatic nitrogens is 2. The Bertz CT molecular complexity index is 2850. The van der Waals surface area contributed by atoms with Crippen molar-refractivity contribution in [2.45, 2.75) is 25.0 Å². The van der Waals surface area contributed by atoms with Crippen molar-refractivity contribution >= 4 is 45.3 Å². The van der Waals surface area contributed by atoms with Crippen LogP contribution < -0.4 is 0 Å². The standard InChI is InChI=1S/C48H30N2S2/c1-2-13-33(14-3-1)50-42-21-7-4-15-35(42)36-26-24-31(29-43(36)50)34-16-12-19-40-47(34)52-45-23-9-6-18-38(45)48(40)37-17-5-8-22-44(37)51-46-30-32(25-27-39(46)48)41-20-10-11-28-49-41/h1-30H. The Morgan fingerprint density at radius 3 is 1.94 bits per heavy atom. The summed E-state index contributed by atoms with van der Waals surface area (Å²) in [5.41, 5.74) is 13.0. The zero-order chi connectivity index (χ0) is 34.2. The first-order chi connectivity index (χ1) is 25.8. The first-order valence-corrected chi connectivity index (χ1v) is 19.3. The molecule has 4 heteroatoms. The minimum absolute atomic E-state index is 0.490. The first kappa shape index (κ1) is 29.9. The van der Waals surface area contributed by atoms with E-state index in [0.717, 1.165) is 11.3 Å². The summed E-state index contributed by atoms with van der Waals surface area (Å²) in [6.07, 6.45) is 1.88. The summed E-state index contributed by atoms with van der Waals surface area (Å²) < 4.78 is 2.41. The fourth-order valence-corrected chi connectivity index (χ4v) is 11.2. The average molecular weight is 699 g/mol. The van der Waals surface area contributed by atoms with Crippen LogP contribution >= 0.6 is 23.5 Å². The maximum atomic E-state index is 4.71. The molecule has 0 fully saturated rings. The quantitative estimate of drug-likeness (QED) is 0.183. The minimum atomic E-state index is -0.490. The van der Waals surface area contributed by atoms with Gasteiger partial charge < -0.3 is 4.57 Å². The molecule has 2 nitrogen and oxygen atoms in total. The van der Waals surface area contributed by atoms with E-state index in [1.54, 1.807) is 0 Å². The van der Waals surface area contributed by atoms with Gasteiger partial charge in [0.05, 0.1) is 22.1 Å². The van der Waals surface area contributed by atoms with E-state index in [0.29, 0.717) is 0 Å². The lowest BCUT2D eigenvalue weighted by Crippen LogP contribution is -2.36. The molecule has 0 saturated carbocycles. The molecule has 2 aliphatic heterocycles. The minimum Gasteiger partial charge on any atom is -0.309 e. The van der Waals surface area contributed by atoms with Gasteiger partial charge in [-0.1, -0.05) is 145 Å². The topological polar surface area (TPSA) is 17.8 Å². The molecule has 11 rings (SSSR count). The molecule has 0 bridgehead atoms. The largest absolute Gasteiger partial charge is 0.309 e. The molecule has 1 atom stereocenters. The summed E-state index contributed by atoms with van der Waals surface area (Å²) in [5.74, 6) is 0. The third-order valence-corrected chi connectivity index (χ3v) is 13.1.